The Hall–Kier alpha value is -2.25. The van der Waals surface area contributed by atoms with Gasteiger partial charge in [-0.2, -0.15) is 15.5 Å². The van der Waals surface area contributed by atoms with Crippen LogP contribution in [0.5, 0.6) is 0 Å². The fraction of sp³-hybridized carbons (Fsp3) is 0.214. The molecule has 18 heavy (non-hydrogen) atoms. The Morgan fingerprint density at radius 3 is 2.72 bits per heavy atom. The number of hydrogen-bond donors (Lipinski definition) is 1. The number of rotatable bonds is 4. The van der Waals surface area contributed by atoms with Gasteiger partial charge in [0, 0.05) is 5.56 Å². The molecule has 0 atom stereocenters. The van der Waals surface area contributed by atoms with Crippen LogP contribution in [-0.2, 0) is 6.42 Å². The Morgan fingerprint density at radius 2 is 2.06 bits per heavy atom. The van der Waals surface area contributed by atoms with Crippen molar-refractivity contribution in [2.45, 2.75) is 12.8 Å². The van der Waals surface area contributed by atoms with E-state index in [4.69, 9.17) is 11.0 Å². The Morgan fingerprint density at radius 1 is 1.17 bits per heavy atom. The molecular weight excluding hydrogens is 224 g/mol. The highest BCUT2D eigenvalue weighted by atomic mass is 15.1. The SMILES string of the molecule is N#Cc1cccc(-c2ccc(CCCN)nn2)c1. The minimum Gasteiger partial charge on any atom is -0.330 e. The first-order valence-electron chi connectivity index (χ1n) is 5.86. The van der Waals surface area contributed by atoms with E-state index in [9.17, 15) is 0 Å². The molecule has 0 aliphatic carbocycles. The van der Waals surface area contributed by atoms with Crippen molar-refractivity contribution in [3.8, 4) is 17.3 Å². The normalized spacial score (nSPS) is 10.0. The summed E-state index contributed by atoms with van der Waals surface area (Å²) >= 11 is 0. The summed E-state index contributed by atoms with van der Waals surface area (Å²) in [6, 6.07) is 13.3. The molecule has 4 heteroatoms. The molecule has 0 fully saturated rings. The molecule has 0 unspecified atom stereocenters. The molecule has 0 bridgehead atoms. The first-order chi connectivity index (χ1) is 8.83. The monoisotopic (exact) mass is 238 g/mol. The number of nitrogens with two attached hydrogens (primary N) is 1. The van der Waals surface area contributed by atoms with Crippen LogP contribution in [0.2, 0.25) is 0 Å². The van der Waals surface area contributed by atoms with Gasteiger partial charge in [0.05, 0.1) is 23.0 Å². The Balaban J connectivity index is 2.21. The third kappa shape index (κ3) is 2.90. The van der Waals surface area contributed by atoms with Crippen LogP contribution in [0.3, 0.4) is 0 Å². The Bertz CT molecular complexity index is 555. The molecule has 0 saturated carbocycles. The van der Waals surface area contributed by atoms with Gasteiger partial charge in [-0.25, -0.2) is 0 Å². The van der Waals surface area contributed by atoms with Crippen molar-refractivity contribution in [1.82, 2.24) is 10.2 Å². The van der Waals surface area contributed by atoms with Crippen LogP contribution in [0, 0.1) is 11.3 Å². The lowest BCUT2D eigenvalue weighted by Gasteiger charge is -2.02. The van der Waals surface area contributed by atoms with E-state index in [2.05, 4.69) is 16.3 Å². The minimum atomic E-state index is 0.626. The second kappa shape index (κ2) is 5.89. The molecule has 1 aromatic heterocycles. The number of nitriles is 1. The predicted octanol–water partition coefficient (Wildman–Crippen LogP) is 1.91. The summed E-state index contributed by atoms with van der Waals surface area (Å²) < 4.78 is 0. The molecule has 0 aliphatic rings. The standard InChI is InChI=1S/C14H14N4/c15-8-2-5-13-6-7-14(18-17-13)12-4-1-3-11(9-12)10-16/h1,3-4,6-7,9H,2,5,8,15H2. The fourth-order valence-corrected chi connectivity index (χ4v) is 1.68. The van der Waals surface area contributed by atoms with Gasteiger partial charge in [-0.05, 0) is 43.7 Å². The molecule has 90 valence electrons. The fourth-order valence-electron chi connectivity index (χ4n) is 1.68. The van der Waals surface area contributed by atoms with Crippen molar-refractivity contribution in [3.63, 3.8) is 0 Å². The molecule has 4 nitrogen and oxygen atoms in total. The zero-order valence-electron chi connectivity index (χ0n) is 10.0. The van der Waals surface area contributed by atoms with Crippen LogP contribution in [0.15, 0.2) is 36.4 Å². The largest absolute Gasteiger partial charge is 0.330 e. The van der Waals surface area contributed by atoms with E-state index in [1.807, 2.05) is 30.3 Å². The van der Waals surface area contributed by atoms with E-state index in [0.717, 1.165) is 29.8 Å². The van der Waals surface area contributed by atoms with Crippen LogP contribution in [0.25, 0.3) is 11.3 Å². The summed E-state index contributed by atoms with van der Waals surface area (Å²) in [5.74, 6) is 0. The zero-order chi connectivity index (χ0) is 12.8. The zero-order valence-corrected chi connectivity index (χ0v) is 10.0. The lowest BCUT2D eigenvalue weighted by atomic mass is 10.1. The van der Waals surface area contributed by atoms with Gasteiger partial charge in [0.15, 0.2) is 0 Å². The quantitative estimate of drug-likeness (QED) is 0.882. The number of hydrogen-bond acceptors (Lipinski definition) is 4. The van der Waals surface area contributed by atoms with E-state index in [0.29, 0.717) is 12.1 Å². The molecule has 2 aromatic rings. The summed E-state index contributed by atoms with van der Waals surface area (Å²) in [5, 5.41) is 17.2. The summed E-state index contributed by atoms with van der Waals surface area (Å²) in [5.41, 5.74) is 8.71. The summed E-state index contributed by atoms with van der Waals surface area (Å²) in [4.78, 5) is 0. The number of benzene rings is 1. The van der Waals surface area contributed by atoms with E-state index >= 15 is 0 Å². The van der Waals surface area contributed by atoms with E-state index in [1.54, 1.807) is 6.07 Å². The first-order valence-corrected chi connectivity index (χ1v) is 5.86. The number of aryl methyl sites for hydroxylation is 1. The maximum Gasteiger partial charge on any atom is 0.0991 e. The maximum atomic E-state index is 8.85. The van der Waals surface area contributed by atoms with Gasteiger partial charge in [-0.15, -0.1) is 0 Å². The van der Waals surface area contributed by atoms with Crippen molar-refractivity contribution >= 4 is 0 Å². The average Bonchev–Trinajstić information content (AvgIpc) is 2.46. The van der Waals surface area contributed by atoms with Crippen LogP contribution in [0.4, 0.5) is 0 Å². The van der Waals surface area contributed by atoms with Crippen LogP contribution >= 0.6 is 0 Å². The molecule has 0 aliphatic heterocycles. The predicted molar refractivity (Wildman–Crippen MR) is 69.6 cm³/mol. The lowest BCUT2D eigenvalue weighted by Crippen LogP contribution is -2.02. The van der Waals surface area contributed by atoms with Gasteiger partial charge in [0.2, 0.25) is 0 Å². The Kier molecular flexibility index (Phi) is 4.00. The topological polar surface area (TPSA) is 75.6 Å². The van der Waals surface area contributed by atoms with Gasteiger partial charge in [-0.1, -0.05) is 12.1 Å². The van der Waals surface area contributed by atoms with Gasteiger partial charge in [-0.3, -0.25) is 0 Å². The van der Waals surface area contributed by atoms with Gasteiger partial charge < -0.3 is 5.73 Å². The summed E-state index contributed by atoms with van der Waals surface area (Å²) in [7, 11) is 0. The molecule has 2 N–H and O–H groups in total. The smallest absolute Gasteiger partial charge is 0.0991 e. The molecular formula is C14H14N4. The third-order valence-corrected chi connectivity index (χ3v) is 2.64. The van der Waals surface area contributed by atoms with Gasteiger partial charge >= 0.3 is 0 Å². The second-order valence-electron chi connectivity index (χ2n) is 3.99. The van der Waals surface area contributed by atoms with Crippen LogP contribution in [-0.4, -0.2) is 16.7 Å². The molecule has 0 amide bonds. The summed E-state index contributed by atoms with van der Waals surface area (Å²) in [6.07, 6.45) is 1.76. The molecule has 1 heterocycles. The first kappa shape index (κ1) is 12.2. The summed E-state index contributed by atoms with van der Waals surface area (Å²) in [6.45, 7) is 0.660. The minimum absolute atomic E-state index is 0.626. The van der Waals surface area contributed by atoms with Gasteiger partial charge in [0.25, 0.3) is 0 Å². The lowest BCUT2D eigenvalue weighted by molar-refractivity contribution is 0.789. The molecule has 0 spiro atoms. The van der Waals surface area contributed by atoms with E-state index in [-0.39, 0.29) is 0 Å². The maximum absolute atomic E-state index is 8.85. The van der Waals surface area contributed by atoms with Crippen LogP contribution < -0.4 is 5.73 Å². The van der Waals surface area contributed by atoms with E-state index in [1.165, 1.54) is 0 Å². The van der Waals surface area contributed by atoms with Gasteiger partial charge in [0.1, 0.15) is 0 Å². The van der Waals surface area contributed by atoms with Crippen molar-refractivity contribution < 1.29 is 0 Å². The van der Waals surface area contributed by atoms with Crippen molar-refractivity contribution in [2.75, 3.05) is 6.54 Å². The number of nitrogens with zero attached hydrogens (tertiary/aromatic N) is 3. The third-order valence-electron chi connectivity index (χ3n) is 2.64. The second-order valence-corrected chi connectivity index (χ2v) is 3.99. The molecule has 0 radical (unpaired) electrons. The van der Waals surface area contributed by atoms with Crippen molar-refractivity contribution in [3.05, 3.63) is 47.7 Å². The number of aromatic nitrogens is 2. The molecule has 0 saturated heterocycles. The highest BCUT2D eigenvalue weighted by Gasteiger charge is 2.02. The van der Waals surface area contributed by atoms with Crippen LogP contribution in [0.1, 0.15) is 17.7 Å². The highest BCUT2D eigenvalue weighted by Crippen LogP contribution is 2.17. The average molecular weight is 238 g/mol. The molecule has 1 aromatic carbocycles. The van der Waals surface area contributed by atoms with E-state index < -0.39 is 0 Å². The van der Waals surface area contributed by atoms with Crippen molar-refractivity contribution in [2.24, 2.45) is 5.73 Å². The molecule has 2 rings (SSSR count). The van der Waals surface area contributed by atoms with Crippen molar-refractivity contribution in [1.29, 1.82) is 5.26 Å². The highest BCUT2D eigenvalue weighted by molar-refractivity contribution is 5.60. The Labute approximate surface area is 106 Å².